The van der Waals surface area contributed by atoms with Gasteiger partial charge in [0, 0.05) is 18.6 Å². The van der Waals surface area contributed by atoms with Crippen LogP contribution in [0.15, 0.2) is 18.2 Å². The Labute approximate surface area is 94.0 Å². The summed E-state index contributed by atoms with van der Waals surface area (Å²) in [6, 6.07) is 4.85. The molecule has 0 spiro atoms. The highest BCUT2D eigenvalue weighted by atomic mass is 19.1. The van der Waals surface area contributed by atoms with E-state index in [0.29, 0.717) is 18.7 Å². The molecule has 1 aliphatic rings. The fourth-order valence-corrected chi connectivity index (χ4v) is 1.95. The summed E-state index contributed by atoms with van der Waals surface area (Å²) >= 11 is 0. The van der Waals surface area contributed by atoms with Crippen molar-refractivity contribution in [2.75, 3.05) is 13.1 Å². The quantitative estimate of drug-likeness (QED) is 0.778. The number of halogens is 1. The molecule has 1 fully saturated rings. The molecule has 0 aromatic heterocycles. The Morgan fingerprint density at radius 2 is 2.12 bits per heavy atom. The highest BCUT2D eigenvalue weighted by Gasteiger charge is 2.38. The first-order chi connectivity index (χ1) is 7.41. The van der Waals surface area contributed by atoms with Crippen LogP contribution in [0, 0.1) is 12.7 Å². The average Bonchev–Trinajstić information content (AvgIpc) is 2.17. The second-order valence-electron chi connectivity index (χ2n) is 4.75. The van der Waals surface area contributed by atoms with Crippen LogP contribution in [0.3, 0.4) is 0 Å². The minimum Gasteiger partial charge on any atom is -0.335 e. The van der Waals surface area contributed by atoms with Crippen LogP contribution in [-0.4, -0.2) is 29.4 Å². The molecular formula is C12H15FN2O. The van der Waals surface area contributed by atoms with E-state index in [2.05, 4.69) is 0 Å². The number of carbonyl (C=O) groups is 1. The zero-order valence-corrected chi connectivity index (χ0v) is 9.46. The van der Waals surface area contributed by atoms with Crippen LogP contribution >= 0.6 is 0 Å². The van der Waals surface area contributed by atoms with E-state index in [1.807, 2.05) is 6.92 Å². The van der Waals surface area contributed by atoms with Gasteiger partial charge in [-0.25, -0.2) is 4.39 Å². The van der Waals surface area contributed by atoms with Crippen molar-refractivity contribution in [2.24, 2.45) is 5.73 Å². The zero-order valence-electron chi connectivity index (χ0n) is 9.46. The molecule has 2 N–H and O–H groups in total. The van der Waals surface area contributed by atoms with Crippen LogP contribution in [0.5, 0.6) is 0 Å². The predicted octanol–water partition coefficient (Wildman–Crippen LogP) is 1.31. The van der Waals surface area contributed by atoms with Gasteiger partial charge in [-0.2, -0.15) is 0 Å². The van der Waals surface area contributed by atoms with E-state index in [0.717, 1.165) is 0 Å². The number of benzene rings is 1. The van der Waals surface area contributed by atoms with Crippen molar-refractivity contribution < 1.29 is 9.18 Å². The number of hydrogen-bond donors (Lipinski definition) is 1. The second kappa shape index (κ2) is 3.56. The van der Waals surface area contributed by atoms with E-state index in [-0.39, 0.29) is 17.0 Å². The number of likely N-dealkylation sites (tertiary alicyclic amines) is 1. The number of hydrogen-bond acceptors (Lipinski definition) is 2. The summed E-state index contributed by atoms with van der Waals surface area (Å²) in [7, 11) is 0. The lowest BCUT2D eigenvalue weighted by atomic mass is 9.92. The Bertz CT molecular complexity index is 435. The van der Waals surface area contributed by atoms with E-state index in [4.69, 9.17) is 5.73 Å². The van der Waals surface area contributed by atoms with Gasteiger partial charge in [-0.05, 0) is 25.5 Å². The first-order valence-corrected chi connectivity index (χ1v) is 5.24. The third kappa shape index (κ3) is 1.80. The summed E-state index contributed by atoms with van der Waals surface area (Å²) in [6.07, 6.45) is 0. The topological polar surface area (TPSA) is 46.3 Å². The van der Waals surface area contributed by atoms with Gasteiger partial charge in [-0.1, -0.05) is 12.1 Å². The molecule has 16 heavy (non-hydrogen) atoms. The zero-order chi connectivity index (χ0) is 11.9. The Morgan fingerprint density at radius 1 is 1.50 bits per heavy atom. The number of nitrogens with two attached hydrogens (primary N) is 1. The van der Waals surface area contributed by atoms with Crippen LogP contribution in [0.25, 0.3) is 0 Å². The highest BCUT2D eigenvalue weighted by molar-refractivity contribution is 5.95. The monoisotopic (exact) mass is 222 g/mol. The summed E-state index contributed by atoms with van der Waals surface area (Å²) < 4.78 is 13.7. The second-order valence-corrected chi connectivity index (χ2v) is 4.75. The predicted molar refractivity (Wildman–Crippen MR) is 59.6 cm³/mol. The van der Waals surface area contributed by atoms with Crippen molar-refractivity contribution in [2.45, 2.75) is 19.4 Å². The van der Waals surface area contributed by atoms with Crippen molar-refractivity contribution in [3.05, 3.63) is 35.1 Å². The molecule has 0 aliphatic carbocycles. The van der Waals surface area contributed by atoms with E-state index in [1.165, 1.54) is 6.07 Å². The molecule has 1 aliphatic heterocycles. The molecule has 1 aromatic rings. The van der Waals surface area contributed by atoms with E-state index < -0.39 is 5.82 Å². The number of aryl methyl sites for hydroxylation is 1. The molecule has 0 atom stereocenters. The van der Waals surface area contributed by atoms with Crippen LogP contribution in [-0.2, 0) is 0 Å². The van der Waals surface area contributed by atoms with Crippen molar-refractivity contribution >= 4 is 5.91 Å². The largest absolute Gasteiger partial charge is 0.335 e. The van der Waals surface area contributed by atoms with Gasteiger partial charge in [0.1, 0.15) is 5.82 Å². The summed E-state index contributed by atoms with van der Waals surface area (Å²) in [6.45, 7) is 4.50. The third-order valence-electron chi connectivity index (χ3n) is 2.81. The Kier molecular flexibility index (Phi) is 2.46. The van der Waals surface area contributed by atoms with E-state index in [1.54, 1.807) is 24.0 Å². The van der Waals surface area contributed by atoms with Crippen LogP contribution in [0.4, 0.5) is 4.39 Å². The lowest BCUT2D eigenvalue weighted by molar-refractivity contribution is 0.0449. The maximum Gasteiger partial charge on any atom is 0.256 e. The Hall–Kier alpha value is -1.42. The summed E-state index contributed by atoms with van der Waals surface area (Å²) in [5.41, 5.74) is 6.11. The lowest BCUT2D eigenvalue weighted by Crippen LogP contribution is -2.66. The fourth-order valence-electron chi connectivity index (χ4n) is 1.95. The van der Waals surface area contributed by atoms with Crippen LogP contribution < -0.4 is 5.73 Å². The Balaban J connectivity index is 2.20. The average molecular weight is 222 g/mol. The molecule has 86 valence electrons. The minimum atomic E-state index is -0.432. The fraction of sp³-hybridized carbons (Fsp3) is 0.417. The van der Waals surface area contributed by atoms with Gasteiger partial charge in [-0.3, -0.25) is 4.79 Å². The molecular weight excluding hydrogens is 207 g/mol. The maximum absolute atomic E-state index is 13.7. The molecule has 0 unspecified atom stereocenters. The van der Waals surface area contributed by atoms with Gasteiger partial charge in [0.25, 0.3) is 5.91 Å². The molecule has 1 amide bonds. The highest BCUT2D eigenvalue weighted by Crippen LogP contribution is 2.22. The van der Waals surface area contributed by atoms with Gasteiger partial charge < -0.3 is 10.6 Å². The number of rotatable bonds is 1. The van der Waals surface area contributed by atoms with Gasteiger partial charge in [-0.15, -0.1) is 0 Å². The molecule has 1 aromatic carbocycles. The number of nitrogens with zero attached hydrogens (tertiary/aromatic N) is 1. The SMILES string of the molecule is Cc1cccc(C(=O)N2CC(C)(N)C2)c1F. The molecule has 0 saturated carbocycles. The summed E-state index contributed by atoms with van der Waals surface area (Å²) in [4.78, 5) is 13.5. The van der Waals surface area contributed by atoms with E-state index >= 15 is 0 Å². The summed E-state index contributed by atoms with van der Waals surface area (Å²) in [5.74, 6) is -0.706. The summed E-state index contributed by atoms with van der Waals surface area (Å²) in [5, 5.41) is 0. The minimum absolute atomic E-state index is 0.135. The smallest absolute Gasteiger partial charge is 0.256 e. The van der Waals surface area contributed by atoms with Gasteiger partial charge in [0.05, 0.1) is 5.56 Å². The standard InChI is InChI=1S/C12H15FN2O/c1-8-4-3-5-9(10(8)13)11(16)15-6-12(2,14)7-15/h3-5H,6-7,14H2,1-2H3. The van der Waals surface area contributed by atoms with Crippen LogP contribution in [0.2, 0.25) is 0 Å². The van der Waals surface area contributed by atoms with Crippen LogP contribution in [0.1, 0.15) is 22.8 Å². The molecule has 4 heteroatoms. The molecule has 2 rings (SSSR count). The first kappa shape index (κ1) is 11.1. The molecule has 1 heterocycles. The van der Waals surface area contributed by atoms with Crippen molar-refractivity contribution in [3.8, 4) is 0 Å². The number of amides is 1. The third-order valence-corrected chi connectivity index (χ3v) is 2.81. The van der Waals surface area contributed by atoms with Gasteiger partial charge >= 0.3 is 0 Å². The van der Waals surface area contributed by atoms with E-state index in [9.17, 15) is 9.18 Å². The van der Waals surface area contributed by atoms with Gasteiger partial charge in [0.2, 0.25) is 0 Å². The first-order valence-electron chi connectivity index (χ1n) is 5.24. The molecule has 0 radical (unpaired) electrons. The van der Waals surface area contributed by atoms with Crippen molar-refractivity contribution in [1.82, 2.24) is 4.90 Å². The molecule has 0 bridgehead atoms. The van der Waals surface area contributed by atoms with Gasteiger partial charge in [0.15, 0.2) is 0 Å². The van der Waals surface area contributed by atoms with Crippen molar-refractivity contribution in [3.63, 3.8) is 0 Å². The van der Waals surface area contributed by atoms with Crippen molar-refractivity contribution in [1.29, 1.82) is 0 Å². The number of carbonyl (C=O) groups excluding carboxylic acids is 1. The maximum atomic E-state index is 13.7. The normalized spacial score (nSPS) is 18.1. The molecule has 3 nitrogen and oxygen atoms in total. The Morgan fingerprint density at radius 3 is 2.69 bits per heavy atom. The lowest BCUT2D eigenvalue weighted by Gasteiger charge is -2.45. The molecule has 1 saturated heterocycles.